The van der Waals surface area contributed by atoms with Gasteiger partial charge in [-0.25, -0.2) is 4.79 Å². The maximum absolute atomic E-state index is 14.1. The van der Waals surface area contributed by atoms with Crippen LogP contribution in [-0.2, 0) is 57.0 Å². The standard InChI is InChI=1S/C36H44N5O9P/c37-21-31(43)40-32(33(44)41-36(18-8-3-9-19-36)35(47)39-29(34(45)46)20-30(38)42)28-16-14-27(15-17-28)24-51(48,49-22-25-10-4-1-5-11-25)50-23-26-12-6-2-7-13-26/h1-2,4-7,10-17,29,32H,3,8-9,18-24,37H2,(H2,38,42)(H,39,47)(H,40,43)(H,41,44)(H,45,46)/t29-,32+/m0/s1. The molecule has 14 nitrogen and oxygen atoms in total. The smallest absolute Gasteiger partial charge is 0.335 e. The maximum atomic E-state index is 14.1. The predicted octanol–water partition coefficient (Wildman–Crippen LogP) is 3.19. The van der Waals surface area contributed by atoms with Crippen LogP contribution >= 0.6 is 7.60 Å². The molecule has 0 unspecified atom stereocenters. The van der Waals surface area contributed by atoms with E-state index in [0.29, 0.717) is 24.0 Å². The van der Waals surface area contributed by atoms with Crippen molar-refractivity contribution in [3.05, 3.63) is 107 Å². The van der Waals surface area contributed by atoms with E-state index in [-0.39, 0.29) is 32.2 Å². The Bertz CT molecular complexity index is 1650. The number of carbonyl (C=O) groups excluding carboxylic acids is 4. The summed E-state index contributed by atoms with van der Waals surface area (Å²) in [7, 11) is -3.71. The Morgan fingerprint density at radius 3 is 1.82 bits per heavy atom. The minimum absolute atomic E-state index is 0.0590. The van der Waals surface area contributed by atoms with Crippen molar-refractivity contribution < 1.29 is 42.7 Å². The van der Waals surface area contributed by atoms with Gasteiger partial charge >= 0.3 is 13.6 Å². The molecule has 1 aliphatic rings. The first kappa shape index (κ1) is 38.9. The first-order valence-corrected chi connectivity index (χ1v) is 18.3. The minimum atomic E-state index is -3.71. The van der Waals surface area contributed by atoms with Gasteiger partial charge in [0.25, 0.3) is 0 Å². The van der Waals surface area contributed by atoms with Gasteiger partial charge in [0.2, 0.25) is 23.6 Å². The summed E-state index contributed by atoms with van der Waals surface area (Å²) in [5, 5.41) is 17.3. The molecule has 0 aromatic heterocycles. The molecule has 0 saturated heterocycles. The lowest BCUT2D eigenvalue weighted by Crippen LogP contribution is -2.63. The Labute approximate surface area is 296 Å². The molecule has 3 aromatic rings. The lowest BCUT2D eigenvalue weighted by Gasteiger charge is -2.38. The molecule has 272 valence electrons. The van der Waals surface area contributed by atoms with E-state index in [1.807, 2.05) is 60.7 Å². The van der Waals surface area contributed by atoms with Gasteiger partial charge in [-0.05, 0) is 35.1 Å². The fraction of sp³-hybridized carbons (Fsp3) is 0.361. The summed E-state index contributed by atoms with van der Waals surface area (Å²) in [4.78, 5) is 63.1. The van der Waals surface area contributed by atoms with Crippen molar-refractivity contribution >= 4 is 37.2 Å². The molecule has 1 fully saturated rings. The van der Waals surface area contributed by atoms with Crippen LogP contribution in [0.4, 0.5) is 0 Å². The van der Waals surface area contributed by atoms with E-state index in [1.54, 1.807) is 24.3 Å². The molecule has 4 rings (SSSR count). The van der Waals surface area contributed by atoms with Crippen LogP contribution < -0.4 is 27.4 Å². The van der Waals surface area contributed by atoms with Crippen molar-refractivity contribution in [1.82, 2.24) is 16.0 Å². The highest BCUT2D eigenvalue weighted by molar-refractivity contribution is 7.52. The molecule has 4 amide bonds. The van der Waals surface area contributed by atoms with E-state index in [4.69, 9.17) is 20.5 Å². The number of carboxylic acid groups (broad SMARTS) is 1. The summed E-state index contributed by atoms with van der Waals surface area (Å²) < 4.78 is 25.9. The number of carboxylic acids is 1. The number of benzene rings is 3. The van der Waals surface area contributed by atoms with E-state index in [2.05, 4.69) is 16.0 Å². The first-order valence-electron chi connectivity index (χ1n) is 16.6. The van der Waals surface area contributed by atoms with Crippen molar-refractivity contribution in [2.45, 2.75) is 75.5 Å². The third kappa shape index (κ3) is 11.6. The molecule has 1 aliphatic carbocycles. The second-order valence-electron chi connectivity index (χ2n) is 12.4. The normalized spacial score (nSPS) is 15.2. The number of amides is 4. The van der Waals surface area contributed by atoms with E-state index >= 15 is 0 Å². The van der Waals surface area contributed by atoms with Crippen molar-refractivity contribution in [2.75, 3.05) is 6.54 Å². The van der Waals surface area contributed by atoms with Crippen LogP contribution in [0.1, 0.15) is 66.8 Å². The highest BCUT2D eigenvalue weighted by atomic mass is 31.2. The van der Waals surface area contributed by atoms with Gasteiger partial charge in [0.05, 0.1) is 32.3 Å². The summed E-state index contributed by atoms with van der Waals surface area (Å²) in [5.41, 5.74) is 11.8. The summed E-state index contributed by atoms with van der Waals surface area (Å²) in [5.74, 6) is -4.51. The summed E-state index contributed by atoms with van der Waals surface area (Å²) in [6.07, 6.45) is 1.60. The molecule has 1 saturated carbocycles. The molecule has 8 N–H and O–H groups in total. The molecule has 3 aromatic carbocycles. The van der Waals surface area contributed by atoms with Gasteiger partial charge in [-0.15, -0.1) is 0 Å². The molecule has 2 atom stereocenters. The topological polar surface area (TPSA) is 229 Å². The molecule has 0 spiro atoms. The Hall–Kier alpha value is -4.88. The second-order valence-corrected chi connectivity index (χ2v) is 14.5. The molecule has 0 radical (unpaired) electrons. The van der Waals surface area contributed by atoms with Crippen molar-refractivity contribution in [3.8, 4) is 0 Å². The zero-order chi connectivity index (χ0) is 36.9. The van der Waals surface area contributed by atoms with Crippen LogP contribution in [0.25, 0.3) is 0 Å². The summed E-state index contributed by atoms with van der Waals surface area (Å²) in [6.45, 7) is -0.297. The lowest BCUT2D eigenvalue weighted by atomic mass is 9.80. The quantitative estimate of drug-likeness (QED) is 0.105. The lowest BCUT2D eigenvalue weighted by molar-refractivity contribution is -0.145. The van der Waals surface area contributed by atoms with Gasteiger partial charge in [-0.2, -0.15) is 0 Å². The number of hydrogen-bond acceptors (Lipinski definition) is 9. The molecular formula is C36H44N5O9P. The molecule has 0 heterocycles. The number of nitrogens with one attached hydrogen (secondary N) is 3. The average molecular weight is 722 g/mol. The van der Waals surface area contributed by atoms with Gasteiger partial charge in [-0.3, -0.25) is 23.7 Å². The van der Waals surface area contributed by atoms with Crippen molar-refractivity contribution in [1.29, 1.82) is 0 Å². The van der Waals surface area contributed by atoms with Crippen LogP contribution in [0, 0.1) is 0 Å². The van der Waals surface area contributed by atoms with Crippen molar-refractivity contribution in [3.63, 3.8) is 0 Å². The Morgan fingerprint density at radius 2 is 1.33 bits per heavy atom. The largest absolute Gasteiger partial charge is 0.480 e. The van der Waals surface area contributed by atoms with E-state index in [0.717, 1.165) is 17.5 Å². The van der Waals surface area contributed by atoms with Gasteiger partial charge in [0.1, 0.15) is 17.6 Å². The van der Waals surface area contributed by atoms with Crippen LogP contribution in [0.15, 0.2) is 84.9 Å². The summed E-state index contributed by atoms with van der Waals surface area (Å²) in [6, 6.07) is 22.1. The SMILES string of the molecule is NCC(=O)N[C@@H](C(=O)NC1(C(=O)N[C@@H](CC(N)=O)C(=O)O)CCCCC1)c1ccc(CP(=O)(OCc2ccccc2)OCc2ccccc2)cc1. The maximum Gasteiger partial charge on any atom is 0.335 e. The average Bonchev–Trinajstić information content (AvgIpc) is 3.13. The highest BCUT2D eigenvalue weighted by Gasteiger charge is 2.44. The zero-order valence-electron chi connectivity index (χ0n) is 28.1. The number of hydrogen-bond donors (Lipinski definition) is 6. The third-order valence-corrected chi connectivity index (χ3v) is 10.3. The fourth-order valence-electron chi connectivity index (χ4n) is 5.75. The van der Waals surface area contributed by atoms with Gasteiger partial charge in [-0.1, -0.05) is 104 Å². The van der Waals surface area contributed by atoms with Crippen LogP contribution in [0.3, 0.4) is 0 Å². The molecular weight excluding hydrogens is 677 g/mol. The van der Waals surface area contributed by atoms with Crippen LogP contribution in [-0.4, -0.2) is 52.8 Å². The number of carbonyl (C=O) groups is 5. The molecule has 0 bridgehead atoms. The first-order chi connectivity index (χ1) is 24.4. The number of aliphatic carboxylic acids is 1. The van der Waals surface area contributed by atoms with Gasteiger partial charge < -0.3 is 41.6 Å². The monoisotopic (exact) mass is 721 g/mol. The number of nitrogens with two attached hydrogens (primary N) is 2. The third-order valence-electron chi connectivity index (χ3n) is 8.50. The zero-order valence-corrected chi connectivity index (χ0v) is 29.0. The van der Waals surface area contributed by atoms with Crippen LogP contribution in [0.2, 0.25) is 0 Å². The molecule has 51 heavy (non-hydrogen) atoms. The number of rotatable bonds is 18. The van der Waals surface area contributed by atoms with Crippen molar-refractivity contribution in [2.24, 2.45) is 11.5 Å². The molecule has 0 aliphatic heterocycles. The summed E-state index contributed by atoms with van der Waals surface area (Å²) >= 11 is 0. The van der Waals surface area contributed by atoms with Gasteiger partial charge in [0.15, 0.2) is 0 Å². The Balaban J connectivity index is 1.55. The van der Waals surface area contributed by atoms with E-state index in [9.17, 15) is 33.6 Å². The fourth-order valence-corrected chi connectivity index (χ4v) is 7.36. The minimum Gasteiger partial charge on any atom is -0.480 e. The molecule has 15 heteroatoms. The van der Waals surface area contributed by atoms with E-state index in [1.165, 1.54) is 0 Å². The van der Waals surface area contributed by atoms with Crippen LogP contribution in [0.5, 0.6) is 0 Å². The Kier molecular flexibility index (Phi) is 14.0. The number of primary amides is 1. The van der Waals surface area contributed by atoms with Gasteiger partial charge in [0, 0.05) is 0 Å². The van der Waals surface area contributed by atoms with E-state index < -0.39 is 67.8 Å². The Morgan fingerprint density at radius 1 is 0.784 bits per heavy atom. The predicted molar refractivity (Wildman–Crippen MR) is 187 cm³/mol. The highest BCUT2D eigenvalue weighted by Crippen LogP contribution is 2.53. The second kappa shape index (κ2) is 18.4.